The Kier molecular flexibility index (Phi) is 5.49. The maximum Gasteiger partial charge on any atom is 0.254 e. The normalized spacial score (nSPS) is 14.4. The molecule has 130 valence electrons. The molecule has 1 aliphatic rings. The Bertz CT molecular complexity index is 735. The molecule has 1 aliphatic heterocycles. The molecule has 1 fully saturated rings. The molecule has 1 heterocycles. The van der Waals surface area contributed by atoms with Crippen LogP contribution in [-0.2, 0) is 11.2 Å². The third-order valence-corrected chi connectivity index (χ3v) is 4.77. The number of rotatable bonds is 4. The molecule has 25 heavy (non-hydrogen) atoms. The van der Waals surface area contributed by atoms with Crippen molar-refractivity contribution in [3.63, 3.8) is 0 Å². The third-order valence-electron chi connectivity index (χ3n) is 4.77. The van der Waals surface area contributed by atoms with Crippen LogP contribution in [0.2, 0.25) is 0 Å². The Morgan fingerprint density at radius 1 is 0.840 bits per heavy atom. The van der Waals surface area contributed by atoms with Gasteiger partial charge in [-0.1, -0.05) is 48.5 Å². The van der Waals surface area contributed by atoms with Crippen LogP contribution in [0.3, 0.4) is 0 Å². The first-order chi connectivity index (χ1) is 12.1. The predicted octanol–water partition coefficient (Wildman–Crippen LogP) is 2.91. The van der Waals surface area contributed by atoms with Crippen LogP contribution in [0.4, 0.5) is 0 Å². The van der Waals surface area contributed by atoms with E-state index < -0.39 is 0 Å². The van der Waals surface area contributed by atoms with Gasteiger partial charge in [0, 0.05) is 38.2 Å². The summed E-state index contributed by atoms with van der Waals surface area (Å²) in [5.74, 6) is 0.237. The van der Waals surface area contributed by atoms with Gasteiger partial charge in [0.25, 0.3) is 5.91 Å². The van der Waals surface area contributed by atoms with E-state index in [2.05, 4.69) is 0 Å². The lowest BCUT2D eigenvalue weighted by atomic mass is 10.1. The van der Waals surface area contributed by atoms with E-state index in [0.717, 1.165) is 17.5 Å². The number of amides is 2. The van der Waals surface area contributed by atoms with Gasteiger partial charge in [-0.2, -0.15) is 0 Å². The average molecular weight is 336 g/mol. The third kappa shape index (κ3) is 4.27. The lowest BCUT2D eigenvalue weighted by Gasteiger charge is -2.35. The Balaban J connectivity index is 1.50. The lowest BCUT2D eigenvalue weighted by molar-refractivity contribution is -0.132. The van der Waals surface area contributed by atoms with Crippen LogP contribution in [0.5, 0.6) is 0 Å². The minimum atomic E-state index is 0.0643. The first-order valence-corrected chi connectivity index (χ1v) is 8.82. The van der Waals surface area contributed by atoms with E-state index in [9.17, 15) is 9.59 Å². The molecule has 2 aromatic carbocycles. The van der Waals surface area contributed by atoms with Gasteiger partial charge >= 0.3 is 0 Å². The molecule has 0 aliphatic carbocycles. The first-order valence-electron chi connectivity index (χ1n) is 8.82. The minimum absolute atomic E-state index is 0.0643. The standard InChI is InChI=1S/C21H24N2O2/c1-17-7-5-6-10-19(17)21(25)23-15-13-22(14-16-23)20(24)12-11-18-8-3-2-4-9-18/h2-10H,11-16H2,1H3. The van der Waals surface area contributed by atoms with Crippen molar-refractivity contribution in [1.82, 2.24) is 9.80 Å². The summed E-state index contributed by atoms with van der Waals surface area (Å²) in [6.07, 6.45) is 1.29. The molecular formula is C21H24N2O2. The molecule has 0 saturated carbocycles. The Morgan fingerprint density at radius 3 is 2.12 bits per heavy atom. The van der Waals surface area contributed by atoms with E-state index in [4.69, 9.17) is 0 Å². The van der Waals surface area contributed by atoms with Gasteiger partial charge in [0.2, 0.25) is 5.91 Å². The molecule has 0 spiro atoms. The molecule has 0 unspecified atom stereocenters. The van der Waals surface area contributed by atoms with E-state index in [1.165, 1.54) is 5.56 Å². The number of carbonyl (C=O) groups excluding carboxylic acids is 2. The molecule has 0 aromatic heterocycles. The van der Waals surface area contributed by atoms with Gasteiger partial charge in [0.15, 0.2) is 0 Å². The second-order valence-electron chi connectivity index (χ2n) is 6.47. The van der Waals surface area contributed by atoms with Crippen molar-refractivity contribution in [2.75, 3.05) is 26.2 Å². The highest BCUT2D eigenvalue weighted by atomic mass is 16.2. The molecule has 1 saturated heterocycles. The summed E-state index contributed by atoms with van der Waals surface area (Å²) in [5, 5.41) is 0. The fourth-order valence-electron chi connectivity index (χ4n) is 3.20. The van der Waals surface area contributed by atoms with Gasteiger partial charge in [0.1, 0.15) is 0 Å². The van der Waals surface area contributed by atoms with Crippen LogP contribution >= 0.6 is 0 Å². The fourth-order valence-corrected chi connectivity index (χ4v) is 3.20. The van der Waals surface area contributed by atoms with Crippen LogP contribution in [0.25, 0.3) is 0 Å². The first kappa shape index (κ1) is 17.2. The Labute approximate surface area is 149 Å². The summed E-state index contributed by atoms with van der Waals surface area (Å²) in [7, 11) is 0. The summed E-state index contributed by atoms with van der Waals surface area (Å²) in [5.41, 5.74) is 2.93. The van der Waals surface area contributed by atoms with E-state index in [-0.39, 0.29) is 11.8 Å². The molecule has 2 aromatic rings. The maximum atomic E-state index is 12.6. The molecule has 4 nitrogen and oxygen atoms in total. The number of hydrogen-bond donors (Lipinski definition) is 0. The number of carbonyl (C=O) groups is 2. The molecule has 0 N–H and O–H groups in total. The van der Waals surface area contributed by atoms with Crippen LogP contribution in [0, 0.1) is 6.92 Å². The maximum absolute atomic E-state index is 12.6. The van der Waals surface area contributed by atoms with Crippen molar-refractivity contribution in [2.45, 2.75) is 19.8 Å². The smallest absolute Gasteiger partial charge is 0.254 e. The molecule has 2 amide bonds. The average Bonchev–Trinajstić information content (AvgIpc) is 2.67. The van der Waals surface area contributed by atoms with Gasteiger partial charge in [-0.05, 0) is 30.5 Å². The molecule has 0 radical (unpaired) electrons. The van der Waals surface area contributed by atoms with Crippen LogP contribution in [-0.4, -0.2) is 47.8 Å². The topological polar surface area (TPSA) is 40.6 Å². The summed E-state index contributed by atoms with van der Waals surface area (Å²) < 4.78 is 0. The lowest BCUT2D eigenvalue weighted by Crippen LogP contribution is -2.50. The van der Waals surface area contributed by atoms with Gasteiger partial charge in [-0.25, -0.2) is 0 Å². The van der Waals surface area contributed by atoms with Crippen LogP contribution < -0.4 is 0 Å². The van der Waals surface area contributed by atoms with E-state index in [0.29, 0.717) is 32.6 Å². The SMILES string of the molecule is Cc1ccccc1C(=O)N1CCN(C(=O)CCc2ccccc2)CC1. The van der Waals surface area contributed by atoms with Crippen molar-refractivity contribution in [1.29, 1.82) is 0 Å². The number of aryl methyl sites for hydroxylation is 2. The zero-order valence-electron chi connectivity index (χ0n) is 14.6. The van der Waals surface area contributed by atoms with Gasteiger partial charge in [-0.3, -0.25) is 9.59 Å². The minimum Gasteiger partial charge on any atom is -0.339 e. The predicted molar refractivity (Wildman–Crippen MR) is 98.4 cm³/mol. The zero-order chi connectivity index (χ0) is 17.6. The van der Waals surface area contributed by atoms with Crippen molar-refractivity contribution in [3.05, 3.63) is 71.3 Å². The van der Waals surface area contributed by atoms with Crippen molar-refractivity contribution in [3.8, 4) is 0 Å². The summed E-state index contributed by atoms with van der Waals surface area (Å²) >= 11 is 0. The van der Waals surface area contributed by atoms with Crippen molar-refractivity contribution in [2.24, 2.45) is 0 Å². The Morgan fingerprint density at radius 2 is 1.44 bits per heavy atom. The monoisotopic (exact) mass is 336 g/mol. The van der Waals surface area contributed by atoms with Gasteiger partial charge < -0.3 is 9.80 Å². The fraction of sp³-hybridized carbons (Fsp3) is 0.333. The molecule has 4 heteroatoms. The van der Waals surface area contributed by atoms with Crippen LogP contribution in [0.1, 0.15) is 27.9 Å². The largest absolute Gasteiger partial charge is 0.339 e. The number of benzene rings is 2. The molecule has 0 atom stereocenters. The van der Waals surface area contributed by atoms with Crippen molar-refractivity contribution < 1.29 is 9.59 Å². The van der Waals surface area contributed by atoms with E-state index >= 15 is 0 Å². The quantitative estimate of drug-likeness (QED) is 0.861. The second-order valence-corrected chi connectivity index (χ2v) is 6.47. The van der Waals surface area contributed by atoms with Gasteiger partial charge in [0.05, 0.1) is 0 Å². The van der Waals surface area contributed by atoms with Gasteiger partial charge in [-0.15, -0.1) is 0 Å². The van der Waals surface area contributed by atoms with Crippen molar-refractivity contribution >= 4 is 11.8 Å². The summed E-state index contributed by atoms with van der Waals surface area (Å²) in [6.45, 7) is 4.39. The highest BCUT2D eigenvalue weighted by molar-refractivity contribution is 5.95. The molecular weight excluding hydrogens is 312 g/mol. The number of hydrogen-bond acceptors (Lipinski definition) is 2. The highest BCUT2D eigenvalue weighted by Crippen LogP contribution is 2.14. The van der Waals surface area contributed by atoms with Crippen LogP contribution in [0.15, 0.2) is 54.6 Å². The Hall–Kier alpha value is -2.62. The zero-order valence-corrected chi connectivity index (χ0v) is 14.6. The summed E-state index contributed by atoms with van der Waals surface area (Å²) in [6, 6.07) is 17.7. The molecule has 0 bridgehead atoms. The summed E-state index contributed by atoms with van der Waals surface area (Å²) in [4.78, 5) is 28.8. The number of piperazine rings is 1. The highest BCUT2D eigenvalue weighted by Gasteiger charge is 2.25. The van der Waals surface area contributed by atoms with E-state index in [1.807, 2.05) is 71.3 Å². The molecule has 3 rings (SSSR count). The number of nitrogens with zero attached hydrogens (tertiary/aromatic N) is 2. The second kappa shape index (κ2) is 7.97. The van der Waals surface area contributed by atoms with E-state index in [1.54, 1.807) is 0 Å².